The van der Waals surface area contributed by atoms with Gasteiger partial charge in [-0.2, -0.15) is 0 Å². The molecule has 88 valence electrons. The molecule has 0 saturated carbocycles. The van der Waals surface area contributed by atoms with Gasteiger partial charge in [-0.15, -0.1) is 0 Å². The van der Waals surface area contributed by atoms with Crippen molar-refractivity contribution in [2.24, 2.45) is 0 Å². The molecule has 1 aliphatic rings. The highest BCUT2D eigenvalue weighted by Gasteiger charge is 2.19. The standard InChI is InChI=1S/C13H19ClN2/c1-16-8-2-3-13(16)10-15-9-11-4-6-12(14)7-5-11/h4-7,13,15H,2-3,8-10H2,1H3. The Morgan fingerprint density at radius 2 is 2.12 bits per heavy atom. The lowest BCUT2D eigenvalue weighted by molar-refractivity contribution is 0.300. The zero-order valence-corrected chi connectivity index (χ0v) is 10.5. The van der Waals surface area contributed by atoms with Crippen molar-refractivity contribution < 1.29 is 0 Å². The van der Waals surface area contributed by atoms with Crippen LogP contribution >= 0.6 is 11.6 Å². The molecule has 1 aromatic rings. The van der Waals surface area contributed by atoms with Crippen molar-refractivity contribution in [1.82, 2.24) is 10.2 Å². The second-order valence-electron chi connectivity index (χ2n) is 4.53. The molecule has 3 heteroatoms. The Morgan fingerprint density at radius 3 is 2.75 bits per heavy atom. The summed E-state index contributed by atoms with van der Waals surface area (Å²) < 4.78 is 0. The highest BCUT2D eigenvalue weighted by Crippen LogP contribution is 2.14. The second kappa shape index (κ2) is 5.67. The number of rotatable bonds is 4. The molecule has 2 nitrogen and oxygen atoms in total. The van der Waals surface area contributed by atoms with Gasteiger partial charge in [0.25, 0.3) is 0 Å². The van der Waals surface area contributed by atoms with Crippen LogP contribution in [0.5, 0.6) is 0 Å². The Morgan fingerprint density at radius 1 is 1.38 bits per heavy atom. The van der Waals surface area contributed by atoms with E-state index in [0.717, 1.165) is 18.1 Å². The highest BCUT2D eigenvalue weighted by atomic mass is 35.5. The van der Waals surface area contributed by atoms with Gasteiger partial charge in [0.2, 0.25) is 0 Å². The fourth-order valence-electron chi connectivity index (χ4n) is 2.22. The van der Waals surface area contributed by atoms with Gasteiger partial charge < -0.3 is 10.2 Å². The van der Waals surface area contributed by atoms with Crippen molar-refractivity contribution >= 4 is 11.6 Å². The summed E-state index contributed by atoms with van der Waals surface area (Å²) in [4.78, 5) is 2.44. The van der Waals surface area contributed by atoms with E-state index in [4.69, 9.17) is 11.6 Å². The summed E-state index contributed by atoms with van der Waals surface area (Å²) in [5.41, 5.74) is 1.30. The smallest absolute Gasteiger partial charge is 0.0406 e. The van der Waals surface area contributed by atoms with Crippen LogP contribution in [0.25, 0.3) is 0 Å². The molecule has 2 rings (SSSR count). The molecule has 1 heterocycles. The summed E-state index contributed by atoms with van der Waals surface area (Å²) in [5.74, 6) is 0. The maximum Gasteiger partial charge on any atom is 0.0406 e. The number of likely N-dealkylation sites (tertiary alicyclic amines) is 1. The van der Waals surface area contributed by atoms with Crippen molar-refractivity contribution in [2.45, 2.75) is 25.4 Å². The van der Waals surface area contributed by atoms with Crippen LogP contribution in [0.4, 0.5) is 0 Å². The SMILES string of the molecule is CN1CCCC1CNCc1ccc(Cl)cc1. The number of hydrogen-bond acceptors (Lipinski definition) is 2. The molecule has 0 aliphatic carbocycles. The van der Waals surface area contributed by atoms with E-state index in [2.05, 4.69) is 29.4 Å². The zero-order chi connectivity index (χ0) is 11.4. The van der Waals surface area contributed by atoms with Gasteiger partial charge in [-0.3, -0.25) is 0 Å². The predicted octanol–water partition coefficient (Wildman–Crippen LogP) is 2.52. The van der Waals surface area contributed by atoms with Gasteiger partial charge in [-0.25, -0.2) is 0 Å². The molecule has 0 bridgehead atoms. The van der Waals surface area contributed by atoms with Crippen LogP contribution in [0.1, 0.15) is 18.4 Å². The lowest BCUT2D eigenvalue weighted by Crippen LogP contribution is -2.35. The number of benzene rings is 1. The molecule has 1 atom stereocenters. The monoisotopic (exact) mass is 238 g/mol. The average Bonchev–Trinajstić information content (AvgIpc) is 2.68. The Bertz CT molecular complexity index is 323. The summed E-state index contributed by atoms with van der Waals surface area (Å²) in [6.07, 6.45) is 2.66. The van der Waals surface area contributed by atoms with Crippen LogP contribution in [-0.4, -0.2) is 31.1 Å². The minimum absolute atomic E-state index is 0.715. The molecule has 1 aliphatic heterocycles. The van der Waals surface area contributed by atoms with Crippen LogP contribution in [0, 0.1) is 0 Å². The third-order valence-corrected chi connectivity index (χ3v) is 3.55. The third kappa shape index (κ3) is 3.21. The summed E-state index contributed by atoms with van der Waals surface area (Å²) in [5, 5.41) is 4.31. The summed E-state index contributed by atoms with van der Waals surface area (Å²) in [7, 11) is 2.21. The lowest BCUT2D eigenvalue weighted by atomic mass is 10.2. The Hall–Kier alpha value is -0.570. The van der Waals surface area contributed by atoms with Crippen molar-refractivity contribution in [3.05, 3.63) is 34.9 Å². The summed E-state index contributed by atoms with van der Waals surface area (Å²) in [6.45, 7) is 3.26. The molecule has 0 aromatic heterocycles. The minimum atomic E-state index is 0.715. The molecule has 0 amide bonds. The second-order valence-corrected chi connectivity index (χ2v) is 4.97. The Labute approximate surface area is 103 Å². The van der Waals surface area contributed by atoms with E-state index in [0.29, 0.717) is 6.04 Å². The largest absolute Gasteiger partial charge is 0.311 e. The Kier molecular flexibility index (Phi) is 4.22. The zero-order valence-electron chi connectivity index (χ0n) is 9.75. The molecule has 0 spiro atoms. The first kappa shape index (κ1) is 11.9. The van der Waals surface area contributed by atoms with E-state index in [-0.39, 0.29) is 0 Å². The molecule has 0 radical (unpaired) electrons. The number of nitrogens with zero attached hydrogens (tertiary/aromatic N) is 1. The van der Waals surface area contributed by atoms with E-state index >= 15 is 0 Å². The molecule has 1 N–H and O–H groups in total. The summed E-state index contributed by atoms with van der Waals surface area (Å²) >= 11 is 5.84. The molecular weight excluding hydrogens is 220 g/mol. The van der Waals surface area contributed by atoms with E-state index in [9.17, 15) is 0 Å². The van der Waals surface area contributed by atoms with Crippen LogP contribution in [0.2, 0.25) is 5.02 Å². The van der Waals surface area contributed by atoms with Crippen molar-refractivity contribution in [1.29, 1.82) is 0 Å². The van der Waals surface area contributed by atoms with Gasteiger partial charge in [-0.05, 0) is 44.1 Å². The van der Waals surface area contributed by atoms with Crippen LogP contribution in [0.15, 0.2) is 24.3 Å². The quantitative estimate of drug-likeness (QED) is 0.867. The van der Waals surface area contributed by atoms with E-state index in [1.54, 1.807) is 0 Å². The van der Waals surface area contributed by atoms with Crippen molar-refractivity contribution in [3.8, 4) is 0 Å². The van der Waals surface area contributed by atoms with Crippen molar-refractivity contribution in [2.75, 3.05) is 20.1 Å². The highest BCUT2D eigenvalue weighted by molar-refractivity contribution is 6.30. The van der Waals surface area contributed by atoms with Gasteiger partial charge in [0.05, 0.1) is 0 Å². The van der Waals surface area contributed by atoms with Crippen LogP contribution in [-0.2, 0) is 6.54 Å². The first-order valence-electron chi connectivity index (χ1n) is 5.91. The van der Waals surface area contributed by atoms with Gasteiger partial charge in [0.1, 0.15) is 0 Å². The van der Waals surface area contributed by atoms with E-state index in [1.165, 1.54) is 24.9 Å². The molecule has 1 unspecified atom stereocenters. The minimum Gasteiger partial charge on any atom is -0.311 e. The maximum absolute atomic E-state index is 5.84. The molecule has 16 heavy (non-hydrogen) atoms. The number of hydrogen-bond donors (Lipinski definition) is 1. The number of likely N-dealkylation sites (N-methyl/N-ethyl adjacent to an activating group) is 1. The van der Waals surface area contributed by atoms with Crippen LogP contribution < -0.4 is 5.32 Å². The first-order chi connectivity index (χ1) is 7.75. The van der Waals surface area contributed by atoms with Crippen LogP contribution in [0.3, 0.4) is 0 Å². The molecule has 1 saturated heterocycles. The predicted molar refractivity (Wildman–Crippen MR) is 68.8 cm³/mol. The number of nitrogens with one attached hydrogen (secondary N) is 1. The molecule has 1 fully saturated rings. The van der Waals surface area contributed by atoms with E-state index in [1.807, 2.05) is 12.1 Å². The maximum atomic E-state index is 5.84. The average molecular weight is 239 g/mol. The first-order valence-corrected chi connectivity index (χ1v) is 6.29. The van der Waals surface area contributed by atoms with Crippen molar-refractivity contribution in [3.63, 3.8) is 0 Å². The fraction of sp³-hybridized carbons (Fsp3) is 0.538. The topological polar surface area (TPSA) is 15.3 Å². The van der Waals surface area contributed by atoms with Gasteiger partial charge >= 0.3 is 0 Å². The lowest BCUT2D eigenvalue weighted by Gasteiger charge is -2.19. The van der Waals surface area contributed by atoms with Gasteiger partial charge in [0.15, 0.2) is 0 Å². The van der Waals surface area contributed by atoms with Gasteiger partial charge in [-0.1, -0.05) is 23.7 Å². The normalized spacial score (nSPS) is 21.5. The van der Waals surface area contributed by atoms with Gasteiger partial charge in [0, 0.05) is 24.2 Å². The number of halogens is 1. The van der Waals surface area contributed by atoms with E-state index < -0.39 is 0 Å². The summed E-state index contributed by atoms with van der Waals surface area (Å²) in [6, 6.07) is 8.76. The fourth-order valence-corrected chi connectivity index (χ4v) is 2.35. The third-order valence-electron chi connectivity index (χ3n) is 3.29. The molecular formula is C13H19ClN2. The Balaban J connectivity index is 1.73. The molecule has 1 aromatic carbocycles.